The summed E-state index contributed by atoms with van der Waals surface area (Å²) in [6.07, 6.45) is 0. The van der Waals surface area contributed by atoms with E-state index in [9.17, 15) is 0 Å². The summed E-state index contributed by atoms with van der Waals surface area (Å²) in [7, 11) is 0. The minimum atomic E-state index is 0.611. The van der Waals surface area contributed by atoms with Gasteiger partial charge in [0.25, 0.3) is 0 Å². The zero-order valence-corrected chi connectivity index (χ0v) is 34.0. The molecule has 0 bridgehead atoms. The molecule has 12 rings (SSSR count). The van der Waals surface area contributed by atoms with Gasteiger partial charge in [-0.2, -0.15) is 0 Å². The Morgan fingerprint density at radius 2 is 0.714 bits per heavy atom. The Morgan fingerprint density at radius 3 is 1.35 bits per heavy atom. The van der Waals surface area contributed by atoms with E-state index in [-0.39, 0.29) is 0 Å². The molecule has 0 aliphatic heterocycles. The van der Waals surface area contributed by atoms with Crippen molar-refractivity contribution < 1.29 is 4.42 Å². The van der Waals surface area contributed by atoms with Crippen LogP contribution in [0.25, 0.3) is 122 Å². The molecular weight excluding hydrogens is 769 g/mol. The van der Waals surface area contributed by atoms with Crippen LogP contribution in [0.3, 0.4) is 0 Å². The van der Waals surface area contributed by atoms with E-state index in [1.807, 2.05) is 54.6 Å². The van der Waals surface area contributed by atoms with E-state index in [1.54, 1.807) is 0 Å². The van der Waals surface area contributed by atoms with Crippen molar-refractivity contribution in [3.05, 3.63) is 218 Å². The molecule has 5 nitrogen and oxygen atoms in total. The minimum Gasteiger partial charge on any atom is -0.455 e. The Hall–Kier alpha value is -8.54. The van der Waals surface area contributed by atoms with Gasteiger partial charge in [-0.1, -0.05) is 206 Å². The predicted molar refractivity (Wildman–Crippen MR) is 258 cm³/mol. The Labute approximate surface area is 363 Å². The van der Waals surface area contributed by atoms with Crippen LogP contribution in [0, 0.1) is 0 Å². The van der Waals surface area contributed by atoms with Crippen LogP contribution >= 0.6 is 0 Å². The molecule has 0 atom stereocenters. The summed E-state index contributed by atoms with van der Waals surface area (Å²) in [4.78, 5) is 20.2. The van der Waals surface area contributed by atoms with Crippen molar-refractivity contribution in [3.63, 3.8) is 0 Å². The zero-order chi connectivity index (χ0) is 41.7. The molecule has 12 aromatic rings. The van der Waals surface area contributed by atoms with Gasteiger partial charge in [-0.15, -0.1) is 0 Å². The van der Waals surface area contributed by atoms with Crippen LogP contribution in [0.2, 0.25) is 0 Å². The lowest BCUT2D eigenvalue weighted by atomic mass is 9.92. The molecule has 0 unspecified atom stereocenters. The molecule has 3 aromatic heterocycles. The molecule has 0 radical (unpaired) electrons. The maximum atomic E-state index is 6.35. The first-order chi connectivity index (χ1) is 31.2. The van der Waals surface area contributed by atoms with E-state index in [0.29, 0.717) is 17.5 Å². The van der Waals surface area contributed by atoms with Crippen LogP contribution in [0.4, 0.5) is 0 Å². The fourth-order valence-corrected chi connectivity index (χ4v) is 8.84. The number of pyridine rings is 1. The number of para-hydroxylation sites is 3. The lowest BCUT2D eigenvalue weighted by Crippen LogP contribution is -2.00. The summed E-state index contributed by atoms with van der Waals surface area (Å²) >= 11 is 0. The van der Waals surface area contributed by atoms with Gasteiger partial charge in [0.05, 0.1) is 11.2 Å². The molecule has 0 spiro atoms. The van der Waals surface area contributed by atoms with Gasteiger partial charge >= 0.3 is 0 Å². The van der Waals surface area contributed by atoms with E-state index in [4.69, 9.17) is 24.4 Å². The highest BCUT2D eigenvalue weighted by atomic mass is 16.3. The van der Waals surface area contributed by atoms with E-state index in [0.717, 1.165) is 94.0 Å². The Kier molecular flexibility index (Phi) is 8.75. The SMILES string of the molecule is c1ccc(-c2nc(-c3ccc(-c4ccc(-c5cccc6c(-c7ccccc7)nc7ccccc7c56)cc4)cc3)nc(-c3ccc(-c4cccc5c4oc4ccccc45)cc3)n2)cc1. The second-order valence-electron chi connectivity index (χ2n) is 15.8. The monoisotopic (exact) mass is 804 g/mol. The quantitative estimate of drug-likeness (QED) is 0.150. The highest BCUT2D eigenvalue weighted by Crippen LogP contribution is 2.40. The van der Waals surface area contributed by atoms with Crippen LogP contribution in [0.5, 0.6) is 0 Å². The number of hydrogen-bond acceptors (Lipinski definition) is 5. The molecule has 0 fully saturated rings. The number of fused-ring (bicyclic) bond motifs is 6. The van der Waals surface area contributed by atoms with Crippen molar-refractivity contribution in [2.24, 2.45) is 0 Å². The summed E-state index contributed by atoms with van der Waals surface area (Å²) in [6.45, 7) is 0. The highest BCUT2D eigenvalue weighted by molar-refractivity contribution is 6.17. The normalized spacial score (nSPS) is 11.5. The van der Waals surface area contributed by atoms with Gasteiger partial charge < -0.3 is 4.42 Å². The van der Waals surface area contributed by atoms with Gasteiger partial charge in [0.1, 0.15) is 11.2 Å². The van der Waals surface area contributed by atoms with Gasteiger partial charge in [-0.25, -0.2) is 19.9 Å². The third-order valence-corrected chi connectivity index (χ3v) is 12.0. The van der Waals surface area contributed by atoms with Crippen LogP contribution < -0.4 is 0 Å². The summed E-state index contributed by atoms with van der Waals surface area (Å²) in [5.74, 6) is 1.85. The number of benzene rings is 9. The van der Waals surface area contributed by atoms with E-state index < -0.39 is 0 Å². The van der Waals surface area contributed by atoms with Crippen molar-refractivity contribution in [3.8, 4) is 78.8 Å². The highest BCUT2D eigenvalue weighted by Gasteiger charge is 2.17. The second kappa shape index (κ2) is 15.2. The van der Waals surface area contributed by atoms with Gasteiger partial charge in [-0.3, -0.25) is 0 Å². The second-order valence-corrected chi connectivity index (χ2v) is 15.8. The minimum absolute atomic E-state index is 0.611. The number of hydrogen-bond donors (Lipinski definition) is 0. The van der Waals surface area contributed by atoms with Crippen LogP contribution in [-0.2, 0) is 0 Å². The third kappa shape index (κ3) is 6.51. The largest absolute Gasteiger partial charge is 0.455 e. The fraction of sp³-hybridized carbons (Fsp3) is 0. The van der Waals surface area contributed by atoms with Crippen LogP contribution in [0.1, 0.15) is 0 Å². The molecule has 0 amide bonds. The molecular formula is C58H36N4O. The molecule has 0 saturated heterocycles. The summed E-state index contributed by atoms with van der Waals surface area (Å²) in [5, 5.41) is 5.72. The summed E-state index contributed by atoms with van der Waals surface area (Å²) in [5.41, 5.74) is 14.3. The molecule has 63 heavy (non-hydrogen) atoms. The van der Waals surface area contributed by atoms with Crippen molar-refractivity contribution in [1.82, 2.24) is 19.9 Å². The fourth-order valence-electron chi connectivity index (χ4n) is 8.84. The molecule has 0 aliphatic rings. The molecule has 9 aromatic carbocycles. The van der Waals surface area contributed by atoms with E-state index in [2.05, 4.69) is 164 Å². The first kappa shape index (κ1) is 36.3. The number of furan rings is 1. The van der Waals surface area contributed by atoms with Gasteiger partial charge in [0.2, 0.25) is 0 Å². The van der Waals surface area contributed by atoms with Crippen molar-refractivity contribution in [2.75, 3.05) is 0 Å². The third-order valence-electron chi connectivity index (χ3n) is 12.0. The maximum Gasteiger partial charge on any atom is 0.164 e. The van der Waals surface area contributed by atoms with E-state index >= 15 is 0 Å². The molecule has 3 heterocycles. The molecule has 0 saturated carbocycles. The lowest BCUT2D eigenvalue weighted by molar-refractivity contribution is 0.670. The van der Waals surface area contributed by atoms with Crippen LogP contribution in [0.15, 0.2) is 223 Å². The van der Waals surface area contributed by atoms with Crippen molar-refractivity contribution in [1.29, 1.82) is 0 Å². The summed E-state index contributed by atoms with van der Waals surface area (Å²) < 4.78 is 6.35. The number of nitrogens with zero attached hydrogens (tertiary/aromatic N) is 4. The number of rotatable bonds is 7. The first-order valence-electron chi connectivity index (χ1n) is 21.1. The molecule has 0 N–H and O–H groups in total. The van der Waals surface area contributed by atoms with Gasteiger partial charge in [0.15, 0.2) is 17.5 Å². The first-order valence-corrected chi connectivity index (χ1v) is 21.1. The average Bonchev–Trinajstić information content (AvgIpc) is 3.76. The standard InChI is InChI=1S/C58H36N4O/c1-3-13-41(14-4-1)54-50-22-11-19-45(53(50)49-18-7-9-23-51(49)59-54)39-29-25-37(26-30-39)38-27-33-43(34-28-38)57-60-56(42-15-5-2-6-16-42)61-58(62-57)44-35-31-40(32-36-44)46-20-12-21-48-47-17-8-10-24-52(47)63-55(46)48/h1-36H. The topological polar surface area (TPSA) is 64.7 Å². The van der Waals surface area contributed by atoms with E-state index in [1.165, 1.54) is 10.9 Å². The predicted octanol–water partition coefficient (Wildman–Crippen LogP) is 15.1. The van der Waals surface area contributed by atoms with Crippen molar-refractivity contribution >= 4 is 43.6 Å². The summed E-state index contributed by atoms with van der Waals surface area (Å²) in [6, 6.07) is 75.8. The Morgan fingerprint density at radius 1 is 0.270 bits per heavy atom. The molecule has 5 heteroatoms. The average molecular weight is 805 g/mol. The molecule has 0 aliphatic carbocycles. The van der Waals surface area contributed by atoms with Crippen LogP contribution in [-0.4, -0.2) is 19.9 Å². The smallest absolute Gasteiger partial charge is 0.164 e. The van der Waals surface area contributed by atoms with Gasteiger partial charge in [-0.05, 0) is 39.9 Å². The number of aromatic nitrogens is 4. The Balaban J connectivity index is 0.875. The molecule has 294 valence electrons. The zero-order valence-electron chi connectivity index (χ0n) is 34.0. The van der Waals surface area contributed by atoms with Gasteiger partial charge in [0, 0.05) is 54.7 Å². The maximum absolute atomic E-state index is 6.35. The Bertz CT molecular complexity index is 3640. The van der Waals surface area contributed by atoms with Crippen molar-refractivity contribution in [2.45, 2.75) is 0 Å². The lowest BCUT2D eigenvalue weighted by Gasteiger charge is -2.14.